The highest BCUT2D eigenvalue weighted by Crippen LogP contribution is 2.42. The van der Waals surface area contributed by atoms with Crippen LogP contribution in [0, 0.1) is 18.3 Å². The fraction of sp³-hybridized carbons (Fsp3) is 0.462. The van der Waals surface area contributed by atoms with Crippen molar-refractivity contribution < 1.29 is 9.59 Å². The van der Waals surface area contributed by atoms with Crippen LogP contribution in [0.4, 0.5) is 0 Å². The number of carbonyl (C=O) groups is 2. The number of hydrogen-bond donors (Lipinski definition) is 1. The summed E-state index contributed by atoms with van der Waals surface area (Å²) < 4.78 is 0. The van der Waals surface area contributed by atoms with Gasteiger partial charge in [0.15, 0.2) is 0 Å². The molecule has 3 atom stereocenters. The van der Waals surface area contributed by atoms with Gasteiger partial charge in [0, 0.05) is 22.0 Å². The molecule has 5 heteroatoms. The molecule has 3 nitrogen and oxygen atoms in total. The maximum atomic E-state index is 13.6. The highest BCUT2D eigenvalue weighted by atomic mass is 35.5. The summed E-state index contributed by atoms with van der Waals surface area (Å²) in [5.41, 5.74) is 3.95. The van der Waals surface area contributed by atoms with Gasteiger partial charge in [-0.1, -0.05) is 61.7 Å². The quantitative estimate of drug-likeness (QED) is 0.507. The molecule has 31 heavy (non-hydrogen) atoms. The van der Waals surface area contributed by atoms with Crippen LogP contribution in [-0.4, -0.2) is 12.2 Å². The van der Waals surface area contributed by atoms with Crippen LogP contribution in [0.3, 0.4) is 0 Å². The van der Waals surface area contributed by atoms with E-state index < -0.39 is 5.41 Å². The first kappa shape index (κ1) is 23.8. The molecule has 1 amide bonds. The first-order chi connectivity index (χ1) is 14.8. The molecular formula is C26H31Cl2NO2. The first-order valence-electron chi connectivity index (χ1n) is 11.0. The van der Waals surface area contributed by atoms with E-state index in [1.165, 1.54) is 5.56 Å². The largest absolute Gasteiger partial charge is 0.351 e. The average molecular weight is 460 g/mol. The smallest absolute Gasteiger partial charge is 0.228 e. The minimum absolute atomic E-state index is 0.00588. The standard InChI is InChI=1S/C26H31Cl2NO2/c1-4-19-14-26(3,16-30)10-6-9-20-8-5-7-17(2)23(20)24(19)25(31)29-15-18-11-21(27)13-22(28)12-18/h5,7-8,11-13,16,19,24H,4,6,9-10,14-15H2,1-3H3,(H,29,31). The van der Waals surface area contributed by atoms with Gasteiger partial charge in [0.05, 0.1) is 5.92 Å². The second-order valence-electron chi connectivity index (χ2n) is 9.12. The maximum absolute atomic E-state index is 13.6. The van der Waals surface area contributed by atoms with Crippen molar-refractivity contribution in [1.82, 2.24) is 5.32 Å². The third kappa shape index (κ3) is 5.70. The van der Waals surface area contributed by atoms with E-state index in [1.807, 2.05) is 19.1 Å². The summed E-state index contributed by atoms with van der Waals surface area (Å²) in [4.78, 5) is 25.6. The second-order valence-corrected chi connectivity index (χ2v) is 9.99. The van der Waals surface area contributed by atoms with E-state index in [0.717, 1.165) is 48.7 Å². The van der Waals surface area contributed by atoms with Gasteiger partial charge in [0.25, 0.3) is 0 Å². The van der Waals surface area contributed by atoms with Gasteiger partial charge in [-0.05, 0) is 79.0 Å². The Hall–Kier alpha value is -1.84. The van der Waals surface area contributed by atoms with Gasteiger partial charge in [0.2, 0.25) is 5.91 Å². The Balaban J connectivity index is 1.97. The molecule has 0 heterocycles. The molecule has 0 bridgehead atoms. The van der Waals surface area contributed by atoms with Crippen LogP contribution >= 0.6 is 23.2 Å². The number of halogens is 2. The zero-order chi connectivity index (χ0) is 22.6. The van der Waals surface area contributed by atoms with E-state index in [9.17, 15) is 9.59 Å². The minimum Gasteiger partial charge on any atom is -0.351 e. The SMILES string of the molecule is CCC1CC(C)(C=O)CCCc2cccc(C)c2C1C(=O)NCc1cc(Cl)cc(Cl)c1. The predicted octanol–water partition coefficient (Wildman–Crippen LogP) is 6.66. The van der Waals surface area contributed by atoms with Crippen molar-refractivity contribution in [3.05, 3.63) is 68.7 Å². The summed E-state index contributed by atoms with van der Waals surface area (Å²) in [6.07, 6.45) is 5.30. The molecular weight excluding hydrogens is 429 g/mol. The topological polar surface area (TPSA) is 46.2 Å². The fourth-order valence-electron chi connectivity index (χ4n) is 4.99. The van der Waals surface area contributed by atoms with E-state index in [4.69, 9.17) is 23.2 Å². The molecule has 0 saturated carbocycles. The molecule has 0 saturated heterocycles. The monoisotopic (exact) mass is 459 g/mol. The summed E-state index contributed by atoms with van der Waals surface area (Å²) in [7, 11) is 0. The number of benzene rings is 2. The van der Waals surface area contributed by atoms with Gasteiger partial charge in [-0.2, -0.15) is 0 Å². The number of carbonyl (C=O) groups excluding carboxylic acids is 2. The number of aldehydes is 1. The van der Waals surface area contributed by atoms with Gasteiger partial charge in [0.1, 0.15) is 6.29 Å². The van der Waals surface area contributed by atoms with E-state index in [2.05, 4.69) is 37.4 Å². The lowest BCUT2D eigenvalue weighted by Gasteiger charge is -2.32. The fourth-order valence-corrected chi connectivity index (χ4v) is 5.56. The molecule has 1 aliphatic carbocycles. The Morgan fingerprint density at radius 2 is 1.94 bits per heavy atom. The van der Waals surface area contributed by atoms with Crippen molar-refractivity contribution in [3.8, 4) is 0 Å². The van der Waals surface area contributed by atoms with Crippen molar-refractivity contribution in [2.75, 3.05) is 0 Å². The molecule has 166 valence electrons. The molecule has 0 spiro atoms. The highest BCUT2D eigenvalue weighted by Gasteiger charge is 2.38. The van der Waals surface area contributed by atoms with E-state index in [-0.39, 0.29) is 17.7 Å². The van der Waals surface area contributed by atoms with E-state index in [0.29, 0.717) is 23.0 Å². The summed E-state index contributed by atoms with van der Waals surface area (Å²) in [6, 6.07) is 11.6. The number of rotatable bonds is 5. The normalized spacial score (nSPS) is 23.8. The van der Waals surface area contributed by atoms with Gasteiger partial charge < -0.3 is 10.1 Å². The van der Waals surface area contributed by atoms with Crippen molar-refractivity contribution in [3.63, 3.8) is 0 Å². The van der Waals surface area contributed by atoms with Crippen LogP contribution in [-0.2, 0) is 22.6 Å². The van der Waals surface area contributed by atoms with Gasteiger partial charge >= 0.3 is 0 Å². The zero-order valence-electron chi connectivity index (χ0n) is 18.5. The lowest BCUT2D eigenvalue weighted by atomic mass is 9.71. The molecule has 2 aromatic rings. The third-order valence-electron chi connectivity index (χ3n) is 6.60. The third-order valence-corrected chi connectivity index (χ3v) is 7.04. The lowest BCUT2D eigenvalue weighted by Crippen LogP contribution is -2.36. The van der Waals surface area contributed by atoms with Crippen molar-refractivity contribution >= 4 is 35.4 Å². The predicted molar refractivity (Wildman–Crippen MR) is 128 cm³/mol. The van der Waals surface area contributed by atoms with Crippen LogP contribution in [0.2, 0.25) is 10.0 Å². The zero-order valence-corrected chi connectivity index (χ0v) is 20.0. The van der Waals surface area contributed by atoms with Gasteiger partial charge in [-0.3, -0.25) is 4.79 Å². The summed E-state index contributed by atoms with van der Waals surface area (Å²) in [5, 5.41) is 4.22. The number of fused-ring (bicyclic) bond motifs is 1. The Kier molecular flexibility index (Phi) is 7.82. The summed E-state index contributed by atoms with van der Waals surface area (Å²) in [5.74, 6) is -0.224. The minimum atomic E-state index is -0.407. The molecule has 1 aliphatic rings. The average Bonchev–Trinajstić information content (AvgIpc) is 2.78. The lowest BCUT2D eigenvalue weighted by molar-refractivity contribution is -0.125. The van der Waals surface area contributed by atoms with Crippen molar-refractivity contribution in [1.29, 1.82) is 0 Å². The molecule has 3 unspecified atom stereocenters. The first-order valence-corrected chi connectivity index (χ1v) is 11.8. The Morgan fingerprint density at radius 3 is 2.58 bits per heavy atom. The van der Waals surface area contributed by atoms with Crippen LogP contribution in [0.15, 0.2) is 36.4 Å². The molecule has 0 radical (unpaired) electrons. The van der Waals surface area contributed by atoms with Crippen LogP contribution < -0.4 is 5.32 Å². The molecule has 0 aromatic heterocycles. The van der Waals surface area contributed by atoms with Gasteiger partial charge in [-0.15, -0.1) is 0 Å². The van der Waals surface area contributed by atoms with Crippen LogP contribution in [0.5, 0.6) is 0 Å². The number of aryl methyl sites for hydroxylation is 2. The van der Waals surface area contributed by atoms with E-state index in [1.54, 1.807) is 6.07 Å². The molecule has 0 aliphatic heterocycles. The molecule has 3 rings (SSSR count). The van der Waals surface area contributed by atoms with E-state index >= 15 is 0 Å². The second kappa shape index (κ2) is 10.2. The molecule has 2 aromatic carbocycles. The molecule has 0 fully saturated rings. The number of nitrogens with one attached hydrogen (secondary N) is 1. The summed E-state index contributed by atoms with van der Waals surface area (Å²) >= 11 is 12.2. The number of amides is 1. The Bertz CT molecular complexity index is 938. The Morgan fingerprint density at radius 1 is 1.23 bits per heavy atom. The van der Waals surface area contributed by atoms with Crippen LogP contribution in [0.25, 0.3) is 0 Å². The number of hydrogen-bond acceptors (Lipinski definition) is 2. The highest BCUT2D eigenvalue weighted by molar-refractivity contribution is 6.34. The molecule has 1 N–H and O–H groups in total. The van der Waals surface area contributed by atoms with Crippen LogP contribution in [0.1, 0.15) is 67.7 Å². The van der Waals surface area contributed by atoms with Crippen molar-refractivity contribution in [2.45, 2.75) is 65.3 Å². The Labute approximate surface area is 195 Å². The van der Waals surface area contributed by atoms with Gasteiger partial charge in [-0.25, -0.2) is 0 Å². The summed E-state index contributed by atoms with van der Waals surface area (Å²) in [6.45, 7) is 6.59. The van der Waals surface area contributed by atoms with Crippen molar-refractivity contribution in [2.24, 2.45) is 11.3 Å². The maximum Gasteiger partial charge on any atom is 0.228 e.